The molecule has 0 aliphatic heterocycles. The van der Waals surface area contributed by atoms with Gasteiger partial charge in [-0.3, -0.25) is 9.69 Å². The predicted molar refractivity (Wildman–Crippen MR) is 74.9 cm³/mol. The molecular formula is C16H14N2O. The molecular weight excluding hydrogens is 236 g/mol. The second-order valence-corrected chi connectivity index (χ2v) is 4.20. The van der Waals surface area contributed by atoms with Gasteiger partial charge in [0.25, 0.3) is 5.91 Å². The van der Waals surface area contributed by atoms with Crippen LogP contribution in [0.25, 0.3) is 0 Å². The normalized spacial score (nSPS) is 9.68. The van der Waals surface area contributed by atoms with Crippen molar-refractivity contribution in [2.75, 3.05) is 11.4 Å². The van der Waals surface area contributed by atoms with Crippen molar-refractivity contribution in [1.29, 1.82) is 5.26 Å². The zero-order chi connectivity index (χ0) is 13.7. The summed E-state index contributed by atoms with van der Waals surface area (Å²) in [5.74, 6) is -0.147. The van der Waals surface area contributed by atoms with Crippen LogP contribution in [0.15, 0.2) is 54.6 Å². The molecule has 0 saturated heterocycles. The molecule has 2 aromatic carbocycles. The van der Waals surface area contributed by atoms with Crippen LogP contribution in [-0.2, 0) is 0 Å². The molecule has 0 N–H and O–H groups in total. The van der Waals surface area contributed by atoms with E-state index in [2.05, 4.69) is 0 Å². The van der Waals surface area contributed by atoms with Crippen LogP contribution < -0.4 is 4.90 Å². The number of carbonyl (C=O) groups excluding carboxylic acids is 1. The van der Waals surface area contributed by atoms with Crippen LogP contribution in [0.2, 0.25) is 0 Å². The molecule has 1 amide bonds. The Kier molecular flexibility index (Phi) is 3.94. The minimum Gasteiger partial charge on any atom is -0.295 e. The smallest absolute Gasteiger partial charge is 0.259 e. The van der Waals surface area contributed by atoms with Crippen LogP contribution in [0.4, 0.5) is 5.69 Å². The summed E-state index contributed by atoms with van der Waals surface area (Å²) in [5.41, 5.74) is 2.27. The van der Waals surface area contributed by atoms with Gasteiger partial charge in [-0.25, -0.2) is 0 Å². The molecule has 0 aromatic heterocycles. The highest BCUT2D eigenvalue weighted by Gasteiger charge is 2.18. The van der Waals surface area contributed by atoms with Crippen LogP contribution in [-0.4, -0.2) is 12.5 Å². The first-order valence-corrected chi connectivity index (χ1v) is 6.03. The molecule has 0 saturated carbocycles. The largest absolute Gasteiger partial charge is 0.295 e. The average Bonchev–Trinajstić information content (AvgIpc) is 2.45. The van der Waals surface area contributed by atoms with E-state index in [0.29, 0.717) is 5.56 Å². The Balaban J connectivity index is 2.39. The molecule has 0 atom stereocenters. The van der Waals surface area contributed by atoms with Crippen LogP contribution in [0.5, 0.6) is 0 Å². The maximum Gasteiger partial charge on any atom is 0.259 e. The Morgan fingerprint density at radius 3 is 2.37 bits per heavy atom. The number of para-hydroxylation sites is 1. The van der Waals surface area contributed by atoms with Crippen molar-refractivity contribution in [3.8, 4) is 6.07 Å². The standard InChI is InChI=1S/C16H14N2O/c1-13-7-5-6-10-15(13)16(19)18(12-11-17)14-8-3-2-4-9-14/h2-10H,12H2,1H3. The van der Waals surface area contributed by atoms with Crippen molar-refractivity contribution in [2.24, 2.45) is 0 Å². The third kappa shape index (κ3) is 2.80. The van der Waals surface area contributed by atoms with Gasteiger partial charge in [0.15, 0.2) is 0 Å². The lowest BCUT2D eigenvalue weighted by atomic mass is 10.1. The molecule has 94 valence electrons. The highest BCUT2D eigenvalue weighted by atomic mass is 16.2. The van der Waals surface area contributed by atoms with Crippen LogP contribution in [0, 0.1) is 18.3 Å². The van der Waals surface area contributed by atoms with Crippen LogP contribution in [0.3, 0.4) is 0 Å². The number of carbonyl (C=O) groups is 1. The molecule has 19 heavy (non-hydrogen) atoms. The maximum absolute atomic E-state index is 12.5. The molecule has 3 heteroatoms. The van der Waals surface area contributed by atoms with E-state index in [1.807, 2.05) is 61.5 Å². The van der Waals surface area contributed by atoms with Crippen molar-refractivity contribution < 1.29 is 4.79 Å². The topological polar surface area (TPSA) is 44.1 Å². The van der Waals surface area contributed by atoms with E-state index in [1.54, 1.807) is 6.07 Å². The van der Waals surface area contributed by atoms with E-state index in [4.69, 9.17) is 5.26 Å². The number of nitriles is 1. The number of aryl methyl sites for hydroxylation is 1. The summed E-state index contributed by atoms with van der Waals surface area (Å²) in [7, 11) is 0. The number of anilines is 1. The lowest BCUT2D eigenvalue weighted by Gasteiger charge is -2.20. The number of rotatable bonds is 3. The molecule has 0 aliphatic rings. The first-order chi connectivity index (χ1) is 9.24. The van der Waals surface area contributed by atoms with Crippen LogP contribution in [0.1, 0.15) is 15.9 Å². The second kappa shape index (κ2) is 5.83. The highest BCUT2D eigenvalue weighted by molar-refractivity contribution is 6.07. The first-order valence-electron chi connectivity index (χ1n) is 6.03. The Labute approximate surface area is 112 Å². The Morgan fingerprint density at radius 1 is 1.11 bits per heavy atom. The number of hydrogen-bond acceptors (Lipinski definition) is 2. The summed E-state index contributed by atoms with van der Waals surface area (Å²) < 4.78 is 0. The number of amides is 1. The van der Waals surface area contributed by atoms with Gasteiger partial charge in [-0.15, -0.1) is 0 Å². The first kappa shape index (κ1) is 12.8. The van der Waals surface area contributed by atoms with Gasteiger partial charge in [-0.05, 0) is 30.7 Å². The van der Waals surface area contributed by atoms with Crippen LogP contribution >= 0.6 is 0 Å². The van der Waals surface area contributed by atoms with Gasteiger partial charge in [0, 0.05) is 11.3 Å². The summed E-state index contributed by atoms with van der Waals surface area (Å²) in [6.07, 6.45) is 0. The number of nitrogens with zero attached hydrogens (tertiary/aromatic N) is 2. The molecule has 2 aromatic rings. The summed E-state index contributed by atoms with van der Waals surface area (Å²) in [5, 5.41) is 8.92. The second-order valence-electron chi connectivity index (χ2n) is 4.20. The van der Waals surface area contributed by atoms with Gasteiger partial charge in [-0.1, -0.05) is 36.4 Å². The molecule has 0 spiro atoms. The van der Waals surface area contributed by atoms with Crippen molar-refractivity contribution in [3.05, 3.63) is 65.7 Å². The van der Waals surface area contributed by atoms with Gasteiger partial charge in [0.1, 0.15) is 6.54 Å². The van der Waals surface area contributed by atoms with E-state index >= 15 is 0 Å². The Morgan fingerprint density at radius 2 is 1.74 bits per heavy atom. The minimum absolute atomic E-state index is 0.0389. The van der Waals surface area contributed by atoms with Crippen molar-refractivity contribution in [1.82, 2.24) is 0 Å². The van der Waals surface area contributed by atoms with Crippen molar-refractivity contribution >= 4 is 11.6 Å². The highest BCUT2D eigenvalue weighted by Crippen LogP contribution is 2.18. The minimum atomic E-state index is -0.147. The number of benzene rings is 2. The maximum atomic E-state index is 12.5. The molecule has 0 unspecified atom stereocenters. The van der Waals surface area contributed by atoms with Crippen molar-refractivity contribution in [2.45, 2.75) is 6.92 Å². The van der Waals surface area contributed by atoms with E-state index < -0.39 is 0 Å². The van der Waals surface area contributed by atoms with E-state index in [9.17, 15) is 4.79 Å². The molecule has 3 nitrogen and oxygen atoms in total. The lowest BCUT2D eigenvalue weighted by Crippen LogP contribution is -2.31. The molecule has 0 aliphatic carbocycles. The molecule has 0 radical (unpaired) electrons. The zero-order valence-corrected chi connectivity index (χ0v) is 10.7. The fraction of sp³-hybridized carbons (Fsp3) is 0.125. The van der Waals surface area contributed by atoms with E-state index in [-0.39, 0.29) is 12.5 Å². The molecule has 0 heterocycles. The van der Waals surface area contributed by atoms with E-state index in [0.717, 1.165) is 11.3 Å². The zero-order valence-electron chi connectivity index (χ0n) is 10.7. The summed E-state index contributed by atoms with van der Waals surface area (Å²) in [4.78, 5) is 14.0. The molecule has 0 fully saturated rings. The molecule has 0 bridgehead atoms. The third-order valence-corrected chi connectivity index (χ3v) is 2.92. The van der Waals surface area contributed by atoms with Gasteiger partial charge in [0.2, 0.25) is 0 Å². The van der Waals surface area contributed by atoms with E-state index in [1.165, 1.54) is 4.90 Å². The fourth-order valence-electron chi connectivity index (χ4n) is 1.92. The summed E-state index contributed by atoms with van der Waals surface area (Å²) >= 11 is 0. The van der Waals surface area contributed by atoms with Gasteiger partial charge in [-0.2, -0.15) is 5.26 Å². The summed E-state index contributed by atoms with van der Waals surface area (Å²) in [6.45, 7) is 1.93. The quantitative estimate of drug-likeness (QED) is 0.785. The SMILES string of the molecule is Cc1ccccc1C(=O)N(CC#N)c1ccccc1. The monoisotopic (exact) mass is 250 g/mol. The van der Waals surface area contributed by atoms with Gasteiger partial charge in [0.05, 0.1) is 6.07 Å². The predicted octanol–water partition coefficient (Wildman–Crippen LogP) is 3.17. The Hall–Kier alpha value is -2.60. The average molecular weight is 250 g/mol. The lowest BCUT2D eigenvalue weighted by molar-refractivity contribution is 0.0989. The summed E-state index contributed by atoms with van der Waals surface area (Å²) in [6, 6.07) is 18.7. The fourth-order valence-corrected chi connectivity index (χ4v) is 1.92. The number of hydrogen-bond donors (Lipinski definition) is 0. The van der Waals surface area contributed by atoms with Gasteiger partial charge >= 0.3 is 0 Å². The molecule has 2 rings (SSSR count). The Bertz CT molecular complexity index is 614. The van der Waals surface area contributed by atoms with Gasteiger partial charge < -0.3 is 0 Å². The third-order valence-electron chi connectivity index (χ3n) is 2.92. The van der Waals surface area contributed by atoms with Crippen molar-refractivity contribution in [3.63, 3.8) is 0 Å².